The maximum atomic E-state index is 12.8. The zero-order chi connectivity index (χ0) is 27.3. The fourth-order valence-electron chi connectivity index (χ4n) is 4.07. The number of amides is 3. The Bertz CT molecular complexity index is 1410. The molecule has 38 heavy (non-hydrogen) atoms. The van der Waals surface area contributed by atoms with Gasteiger partial charge in [-0.2, -0.15) is 5.10 Å². The molecule has 3 amide bonds. The zero-order valence-electron chi connectivity index (χ0n) is 20.9. The molecule has 2 N–H and O–H groups in total. The topological polar surface area (TPSA) is 113 Å². The number of urea groups is 1. The van der Waals surface area contributed by atoms with Crippen LogP contribution in [0.2, 0.25) is 10.0 Å². The van der Waals surface area contributed by atoms with Crippen molar-refractivity contribution in [1.82, 2.24) is 14.7 Å². The van der Waals surface area contributed by atoms with Crippen LogP contribution in [0.25, 0.3) is 5.69 Å². The second kappa shape index (κ2) is 12.2. The monoisotopic (exact) mass is 577 g/mol. The molecule has 0 spiro atoms. The minimum Gasteiger partial charge on any atom is -0.340 e. The van der Waals surface area contributed by atoms with Gasteiger partial charge in [0.1, 0.15) is 5.82 Å². The van der Waals surface area contributed by atoms with Crippen molar-refractivity contribution in [1.29, 1.82) is 0 Å². The van der Waals surface area contributed by atoms with E-state index in [0.717, 1.165) is 30.5 Å². The Morgan fingerprint density at radius 1 is 1.03 bits per heavy atom. The highest BCUT2D eigenvalue weighted by Crippen LogP contribution is 2.29. The van der Waals surface area contributed by atoms with Crippen molar-refractivity contribution in [3.8, 4) is 5.69 Å². The van der Waals surface area contributed by atoms with Gasteiger partial charge in [0.05, 0.1) is 45.0 Å². The first-order valence-electron chi connectivity index (χ1n) is 12.3. The van der Waals surface area contributed by atoms with E-state index in [4.69, 9.17) is 23.2 Å². The summed E-state index contributed by atoms with van der Waals surface area (Å²) in [4.78, 5) is 27.0. The molecule has 1 aliphatic rings. The molecule has 0 aliphatic carbocycles. The maximum Gasteiger partial charge on any atom is 0.324 e. The van der Waals surface area contributed by atoms with Crippen molar-refractivity contribution < 1.29 is 18.0 Å². The van der Waals surface area contributed by atoms with Gasteiger partial charge in [0, 0.05) is 19.2 Å². The van der Waals surface area contributed by atoms with Gasteiger partial charge in [-0.15, -0.1) is 0 Å². The largest absolute Gasteiger partial charge is 0.340 e. The van der Waals surface area contributed by atoms with Crippen LogP contribution in [0.3, 0.4) is 0 Å². The molecule has 0 saturated carbocycles. The zero-order valence-corrected chi connectivity index (χ0v) is 23.2. The first-order valence-corrected chi connectivity index (χ1v) is 14.9. The van der Waals surface area contributed by atoms with Crippen molar-refractivity contribution in [3.05, 3.63) is 69.8 Å². The Morgan fingerprint density at radius 2 is 1.74 bits per heavy atom. The van der Waals surface area contributed by atoms with Gasteiger partial charge < -0.3 is 10.2 Å². The van der Waals surface area contributed by atoms with E-state index in [0.29, 0.717) is 22.2 Å². The van der Waals surface area contributed by atoms with Gasteiger partial charge in [0.2, 0.25) is 5.91 Å². The van der Waals surface area contributed by atoms with Crippen molar-refractivity contribution in [3.63, 3.8) is 0 Å². The standard InChI is InChI=1S/C26H29Cl2N5O4S/c1-2-3-5-19-17-23(30-26(35)29-22-7-4-6-21(27)25(22)28)33(31-19)20-10-8-18(9-11-20)16-24(34)32-12-14-38(36,37)15-13-32/h4,6-11,17H,2-3,5,12-16H2,1H3,(H2,29,30,35). The minimum atomic E-state index is -3.05. The summed E-state index contributed by atoms with van der Waals surface area (Å²) in [6.07, 6.45) is 2.90. The van der Waals surface area contributed by atoms with E-state index in [1.54, 1.807) is 27.8 Å². The van der Waals surface area contributed by atoms with Crippen molar-refractivity contribution in [2.24, 2.45) is 0 Å². The molecule has 1 saturated heterocycles. The summed E-state index contributed by atoms with van der Waals surface area (Å²) < 4.78 is 24.9. The number of anilines is 2. The normalized spacial score (nSPS) is 14.8. The predicted molar refractivity (Wildman–Crippen MR) is 150 cm³/mol. The maximum absolute atomic E-state index is 12.8. The molecule has 1 aliphatic heterocycles. The van der Waals surface area contributed by atoms with E-state index < -0.39 is 15.9 Å². The van der Waals surface area contributed by atoms with E-state index in [1.807, 2.05) is 30.3 Å². The number of hydrogen-bond donors (Lipinski definition) is 2. The molecule has 2 heterocycles. The van der Waals surface area contributed by atoms with Gasteiger partial charge in [-0.3, -0.25) is 10.1 Å². The van der Waals surface area contributed by atoms with Crippen LogP contribution >= 0.6 is 23.2 Å². The molecule has 0 bridgehead atoms. The van der Waals surface area contributed by atoms with E-state index in [2.05, 4.69) is 22.7 Å². The number of carbonyl (C=O) groups is 2. The molecule has 1 fully saturated rings. The first-order chi connectivity index (χ1) is 18.1. The Balaban J connectivity index is 1.48. The lowest BCUT2D eigenvalue weighted by atomic mass is 10.1. The van der Waals surface area contributed by atoms with Crippen LogP contribution in [0.15, 0.2) is 48.5 Å². The van der Waals surface area contributed by atoms with E-state index in [1.165, 1.54) is 0 Å². The van der Waals surface area contributed by atoms with Crippen LogP contribution in [-0.2, 0) is 27.5 Å². The Morgan fingerprint density at radius 3 is 2.42 bits per heavy atom. The quantitative estimate of drug-likeness (QED) is 0.392. The minimum absolute atomic E-state index is 0.00418. The second-order valence-corrected chi connectivity index (χ2v) is 12.2. The second-order valence-electron chi connectivity index (χ2n) is 9.09. The van der Waals surface area contributed by atoms with Gasteiger partial charge >= 0.3 is 6.03 Å². The summed E-state index contributed by atoms with van der Waals surface area (Å²) in [6.45, 7) is 2.55. The lowest BCUT2D eigenvalue weighted by Crippen LogP contribution is -2.44. The summed E-state index contributed by atoms with van der Waals surface area (Å²) in [7, 11) is -3.05. The van der Waals surface area contributed by atoms with Crippen LogP contribution < -0.4 is 10.6 Å². The molecule has 0 atom stereocenters. The number of carbonyl (C=O) groups excluding carboxylic acids is 2. The van der Waals surface area contributed by atoms with Crippen molar-refractivity contribution in [2.45, 2.75) is 32.6 Å². The number of unbranched alkanes of at least 4 members (excludes halogenated alkanes) is 1. The number of nitrogens with one attached hydrogen (secondary N) is 2. The highest BCUT2D eigenvalue weighted by atomic mass is 35.5. The number of benzene rings is 2. The molecule has 1 aromatic heterocycles. The van der Waals surface area contributed by atoms with Crippen LogP contribution in [-0.4, -0.2) is 59.6 Å². The molecular weight excluding hydrogens is 549 g/mol. The Kier molecular flexibility index (Phi) is 8.96. The molecule has 3 aromatic rings. The molecule has 2 aromatic carbocycles. The fraction of sp³-hybridized carbons (Fsp3) is 0.346. The van der Waals surface area contributed by atoms with Crippen LogP contribution in [0.1, 0.15) is 31.0 Å². The Hall–Kier alpha value is -3.08. The third-order valence-electron chi connectivity index (χ3n) is 6.22. The predicted octanol–water partition coefficient (Wildman–Crippen LogP) is 4.97. The molecular formula is C26H29Cl2N5O4S. The summed E-state index contributed by atoms with van der Waals surface area (Å²) in [5, 5.41) is 10.8. The van der Waals surface area contributed by atoms with Crippen molar-refractivity contribution in [2.75, 3.05) is 35.2 Å². The number of sulfone groups is 1. The van der Waals surface area contributed by atoms with Gasteiger partial charge in [0.25, 0.3) is 0 Å². The first kappa shape index (κ1) is 27.9. The number of nitrogens with zero attached hydrogens (tertiary/aromatic N) is 3. The summed E-state index contributed by atoms with van der Waals surface area (Å²) in [6, 6.07) is 13.6. The third kappa shape index (κ3) is 7.06. The number of aryl methyl sites for hydroxylation is 1. The number of halogens is 2. The van der Waals surface area contributed by atoms with E-state index in [-0.39, 0.29) is 41.9 Å². The Labute approximate surface area is 232 Å². The molecule has 0 radical (unpaired) electrons. The summed E-state index contributed by atoms with van der Waals surface area (Å²) in [5.41, 5.74) is 2.73. The molecule has 0 unspecified atom stereocenters. The van der Waals surface area contributed by atoms with Crippen molar-refractivity contribution >= 4 is 56.5 Å². The summed E-state index contributed by atoms with van der Waals surface area (Å²) >= 11 is 12.2. The van der Waals surface area contributed by atoms with Gasteiger partial charge in [-0.25, -0.2) is 17.9 Å². The average Bonchev–Trinajstić information content (AvgIpc) is 3.28. The highest BCUT2D eigenvalue weighted by molar-refractivity contribution is 7.91. The van der Waals surface area contributed by atoms with Crippen LogP contribution in [0.5, 0.6) is 0 Å². The lowest BCUT2D eigenvalue weighted by molar-refractivity contribution is -0.130. The SMILES string of the molecule is CCCCc1cc(NC(=O)Nc2cccc(Cl)c2Cl)n(-c2ccc(CC(=O)N3CCS(=O)(=O)CC3)cc2)n1. The fourth-order valence-corrected chi connectivity index (χ4v) is 5.62. The van der Waals surface area contributed by atoms with Gasteiger partial charge in [-0.1, -0.05) is 54.7 Å². The number of aromatic nitrogens is 2. The number of rotatable bonds is 8. The van der Waals surface area contributed by atoms with E-state index in [9.17, 15) is 18.0 Å². The third-order valence-corrected chi connectivity index (χ3v) is 8.65. The smallest absolute Gasteiger partial charge is 0.324 e. The van der Waals surface area contributed by atoms with Crippen LogP contribution in [0, 0.1) is 0 Å². The average molecular weight is 579 g/mol. The molecule has 202 valence electrons. The van der Waals surface area contributed by atoms with Gasteiger partial charge in [-0.05, 0) is 42.7 Å². The lowest BCUT2D eigenvalue weighted by Gasteiger charge is -2.26. The molecule has 12 heteroatoms. The van der Waals surface area contributed by atoms with E-state index >= 15 is 0 Å². The van der Waals surface area contributed by atoms with Gasteiger partial charge in [0.15, 0.2) is 9.84 Å². The van der Waals surface area contributed by atoms with Crippen LogP contribution in [0.4, 0.5) is 16.3 Å². The summed E-state index contributed by atoms with van der Waals surface area (Å²) in [5.74, 6) is 0.381. The number of hydrogen-bond acceptors (Lipinski definition) is 5. The molecule has 9 nitrogen and oxygen atoms in total. The highest BCUT2D eigenvalue weighted by Gasteiger charge is 2.25. The molecule has 4 rings (SSSR count).